The number of thiophene rings is 1. The Morgan fingerprint density at radius 3 is 2.78 bits per heavy atom. The molecule has 0 radical (unpaired) electrons. The summed E-state index contributed by atoms with van der Waals surface area (Å²) in [5.41, 5.74) is -1.08. The number of H-pyrrole nitrogens is 1. The first-order valence-electron chi connectivity index (χ1n) is 4.94. The molecule has 92 valence electrons. The van der Waals surface area contributed by atoms with E-state index >= 15 is 0 Å². The van der Waals surface area contributed by atoms with Crippen LogP contribution in [-0.4, -0.2) is 9.97 Å². The zero-order valence-electron chi connectivity index (χ0n) is 8.71. The van der Waals surface area contributed by atoms with Crippen LogP contribution in [0.1, 0.15) is 5.56 Å². The van der Waals surface area contributed by atoms with E-state index in [2.05, 4.69) is 9.97 Å². The van der Waals surface area contributed by atoms with Gasteiger partial charge in [-0.25, -0.2) is 4.98 Å². The maximum Gasteiger partial charge on any atom is 0.417 e. The first-order chi connectivity index (χ1) is 8.48. The van der Waals surface area contributed by atoms with E-state index in [0.717, 1.165) is 23.7 Å². The second kappa shape index (κ2) is 3.55. The number of hydrogen-bond donors (Lipinski definition) is 1. The number of aromatic amines is 1. The number of aromatic nitrogens is 2. The van der Waals surface area contributed by atoms with Gasteiger partial charge in [-0.3, -0.25) is 4.79 Å². The van der Waals surface area contributed by atoms with Crippen molar-refractivity contribution in [1.82, 2.24) is 9.97 Å². The second-order valence-electron chi connectivity index (χ2n) is 3.69. The molecular formula is C11H5F3N2OS. The number of benzene rings is 1. The van der Waals surface area contributed by atoms with Gasteiger partial charge in [-0.15, -0.1) is 11.3 Å². The molecule has 2 heterocycles. The molecule has 0 aliphatic rings. The van der Waals surface area contributed by atoms with Crippen LogP contribution in [0.5, 0.6) is 0 Å². The summed E-state index contributed by atoms with van der Waals surface area (Å²) < 4.78 is 39.4. The molecular weight excluding hydrogens is 265 g/mol. The highest BCUT2D eigenvalue weighted by Crippen LogP contribution is 2.40. The molecule has 3 nitrogen and oxygen atoms in total. The van der Waals surface area contributed by atoms with Crippen molar-refractivity contribution in [3.63, 3.8) is 0 Å². The molecule has 3 aromatic rings. The van der Waals surface area contributed by atoms with Crippen molar-refractivity contribution in [2.45, 2.75) is 6.18 Å². The lowest BCUT2D eigenvalue weighted by molar-refractivity contribution is -0.136. The SMILES string of the molecule is O=c1[nH]cnc2c1sc1cccc(C(F)(F)F)c12. The number of nitrogens with one attached hydrogen (secondary N) is 1. The highest BCUT2D eigenvalue weighted by molar-refractivity contribution is 7.25. The summed E-state index contributed by atoms with van der Waals surface area (Å²) in [7, 11) is 0. The standard InChI is InChI=1S/C11H5F3N2OS/c12-11(13,14)5-2-1-3-6-7(5)8-9(18-6)10(17)16-4-15-8/h1-4H,(H,15,16,17). The predicted octanol–water partition coefficient (Wildman–Crippen LogP) is 3.16. The Kier molecular flexibility index (Phi) is 2.21. The topological polar surface area (TPSA) is 45.8 Å². The first-order valence-corrected chi connectivity index (χ1v) is 5.76. The summed E-state index contributed by atoms with van der Waals surface area (Å²) in [6.45, 7) is 0. The molecule has 3 rings (SSSR count). The van der Waals surface area contributed by atoms with Gasteiger partial charge in [-0.05, 0) is 12.1 Å². The average Bonchev–Trinajstić information content (AvgIpc) is 2.68. The predicted molar refractivity (Wildman–Crippen MR) is 62.7 cm³/mol. The summed E-state index contributed by atoms with van der Waals surface area (Å²) in [5.74, 6) is 0. The Morgan fingerprint density at radius 1 is 1.28 bits per heavy atom. The molecule has 0 unspecified atom stereocenters. The maximum absolute atomic E-state index is 12.9. The van der Waals surface area contributed by atoms with Crippen LogP contribution < -0.4 is 5.56 Å². The molecule has 0 aliphatic heterocycles. The van der Waals surface area contributed by atoms with Gasteiger partial charge in [0.05, 0.1) is 17.4 Å². The highest BCUT2D eigenvalue weighted by Gasteiger charge is 2.34. The molecule has 1 N–H and O–H groups in total. The van der Waals surface area contributed by atoms with Crippen LogP contribution in [0, 0.1) is 0 Å². The minimum atomic E-state index is -4.46. The lowest BCUT2D eigenvalue weighted by Gasteiger charge is -2.07. The quantitative estimate of drug-likeness (QED) is 0.682. The number of fused-ring (bicyclic) bond motifs is 3. The molecule has 0 bridgehead atoms. The molecule has 1 aromatic carbocycles. The molecule has 0 saturated carbocycles. The van der Waals surface area contributed by atoms with E-state index in [9.17, 15) is 18.0 Å². The fraction of sp³-hybridized carbons (Fsp3) is 0.0909. The first kappa shape index (κ1) is 11.2. The lowest BCUT2D eigenvalue weighted by atomic mass is 10.1. The van der Waals surface area contributed by atoms with E-state index in [1.54, 1.807) is 6.07 Å². The summed E-state index contributed by atoms with van der Waals surface area (Å²) in [6.07, 6.45) is -3.35. The Morgan fingerprint density at radius 2 is 2.06 bits per heavy atom. The van der Waals surface area contributed by atoms with Gasteiger partial charge in [-0.1, -0.05) is 6.07 Å². The van der Waals surface area contributed by atoms with E-state index in [1.807, 2.05) is 0 Å². The van der Waals surface area contributed by atoms with E-state index in [-0.39, 0.29) is 15.6 Å². The van der Waals surface area contributed by atoms with Crippen molar-refractivity contribution in [3.8, 4) is 0 Å². The van der Waals surface area contributed by atoms with Crippen LogP contribution in [0.15, 0.2) is 29.3 Å². The van der Waals surface area contributed by atoms with Crippen LogP contribution in [0.4, 0.5) is 13.2 Å². The van der Waals surface area contributed by atoms with Gasteiger partial charge in [0.25, 0.3) is 5.56 Å². The number of hydrogen-bond acceptors (Lipinski definition) is 3. The number of halogens is 3. The van der Waals surface area contributed by atoms with Crippen molar-refractivity contribution >= 4 is 31.6 Å². The zero-order valence-corrected chi connectivity index (χ0v) is 9.52. The molecule has 0 amide bonds. The summed E-state index contributed by atoms with van der Waals surface area (Å²) >= 11 is 1.01. The van der Waals surface area contributed by atoms with Gasteiger partial charge in [0.1, 0.15) is 4.70 Å². The van der Waals surface area contributed by atoms with Crippen molar-refractivity contribution in [2.24, 2.45) is 0 Å². The summed E-state index contributed by atoms with van der Waals surface area (Å²) in [6, 6.07) is 3.88. The Labute approximate surface area is 102 Å². The fourth-order valence-electron chi connectivity index (χ4n) is 1.87. The molecule has 0 saturated heterocycles. The van der Waals surface area contributed by atoms with Gasteiger partial charge in [0.2, 0.25) is 0 Å². The second-order valence-corrected chi connectivity index (χ2v) is 4.74. The van der Waals surface area contributed by atoms with Crippen LogP contribution >= 0.6 is 11.3 Å². The van der Waals surface area contributed by atoms with Crippen LogP contribution in [-0.2, 0) is 6.18 Å². The van der Waals surface area contributed by atoms with Crippen LogP contribution in [0.25, 0.3) is 20.3 Å². The van der Waals surface area contributed by atoms with E-state index in [1.165, 1.54) is 6.07 Å². The average molecular weight is 270 g/mol. The molecule has 0 aliphatic carbocycles. The third kappa shape index (κ3) is 1.51. The van der Waals surface area contributed by atoms with Gasteiger partial charge >= 0.3 is 6.18 Å². The van der Waals surface area contributed by atoms with Gasteiger partial charge < -0.3 is 4.98 Å². The summed E-state index contributed by atoms with van der Waals surface area (Å²) in [5, 5.41) is -0.00361. The van der Waals surface area contributed by atoms with Crippen molar-refractivity contribution in [3.05, 3.63) is 40.4 Å². The molecule has 7 heteroatoms. The summed E-state index contributed by atoms with van der Waals surface area (Å²) in [4.78, 5) is 17.8. The Bertz CT molecular complexity index is 803. The van der Waals surface area contributed by atoms with Crippen molar-refractivity contribution in [1.29, 1.82) is 0 Å². The van der Waals surface area contributed by atoms with E-state index in [0.29, 0.717) is 4.70 Å². The van der Waals surface area contributed by atoms with Crippen molar-refractivity contribution < 1.29 is 13.2 Å². The Hall–Kier alpha value is -1.89. The fourth-order valence-corrected chi connectivity index (χ4v) is 2.94. The highest BCUT2D eigenvalue weighted by atomic mass is 32.1. The smallest absolute Gasteiger partial charge is 0.312 e. The molecule has 18 heavy (non-hydrogen) atoms. The van der Waals surface area contributed by atoms with E-state index in [4.69, 9.17) is 0 Å². The minimum absolute atomic E-state index is 0.00361. The largest absolute Gasteiger partial charge is 0.417 e. The number of rotatable bonds is 0. The third-order valence-electron chi connectivity index (χ3n) is 2.59. The van der Waals surface area contributed by atoms with Crippen molar-refractivity contribution in [2.75, 3.05) is 0 Å². The maximum atomic E-state index is 12.9. The molecule has 0 fully saturated rings. The molecule has 2 aromatic heterocycles. The Balaban J connectivity index is 2.58. The normalized spacial score (nSPS) is 12.4. The van der Waals surface area contributed by atoms with Gasteiger partial charge in [-0.2, -0.15) is 13.2 Å². The van der Waals surface area contributed by atoms with Crippen LogP contribution in [0.3, 0.4) is 0 Å². The third-order valence-corrected chi connectivity index (χ3v) is 3.73. The van der Waals surface area contributed by atoms with E-state index < -0.39 is 17.3 Å². The van der Waals surface area contributed by atoms with Crippen LogP contribution in [0.2, 0.25) is 0 Å². The monoisotopic (exact) mass is 270 g/mol. The van der Waals surface area contributed by atoms with Gasteiger partial charge in [0.15, 0.2) is 0 Å². The number of nitrogens with zero attached hydrogens (tertiary/aromatic N) is 1. The number of alkyl halides is 3. The zero-order chi connectivity index (χ0) is 12.9. The minimum Gasteiger partial charge on any atom is -0.312 e. The lowest BCUT2D eigenvalue weighted by Crippen LogP contribution is -2.06. The molecule has 0 atom stereocenters. The molecule has 0 spiro atoms. The van der Waals surface area contributed by atoms with Gasteiger partial charge in [0, 0.05) is 10.1 Å².